The summed E-state index contributed by atoms with van der Waals surface area (Å²) in [7, 11) is 0. The summed E-state index contributed by atoms with van der Waals surface area (Å²) in [4.78, 5) is 21.6. The Balaban J connectivity index is 1.58. The zero-order chi connectivity index (χ0) is 21.3. The Hall–Kier alpha value is -2.80. The fourth-order valence-electron chi connectivity index (χ4n) is 4.03. The van der Waals surface area contributed by atoms with Gasteiger partial charge in [0.2, 0.25) is 0 Å². The highest BCUT2D eigenvalue weighted by Crippen LogP contribution is 2.30. The lowest BCUT2D eigenvalue weighted by atomic mass is 9.96. The summed E-state index contributed by atoms with van der Waals surface area (Å²) >= 11 is 4.42. The largest absolute Gasteiger partial charge is 0.507 e. The summed E-state index contributed by atoms with van der Waals surface area (Å²) in [5.74, 6) is 0.719. The first-order chi connectivity index (χ1) is 14.4. The minimum Gasteiger partial charge on any atom is -0.507 e. The monoisotopic (exact) mass is 422 g/mol. The SMILES string of the molecule is Cc1cc(-c2ccc3ncc(NC(=O)N(S)C4CCCCC4)nc3c2)cc(C)c1O. The first-order valence-electron chi connectivity index (χ1n) is 10.3. The number of aromatic hydroxyl groups is 1. The quantitative estimate of drug-likeness (QED) is 0.478. The molecule has 0 aliphatic heterocycles. The van der Waals surface area contributed by atoms with E-state index in [0.717, 1.165) is 53.5 Å². The number of fused-ring (bicyclic) bond motifs is 1. The van der Waals surface area contributed by atoms with Crippen LogP contribution in [0.15, 0.2) is 36.5 Å². The predicted molar refractivity (Wildman–Crippen MR) is 123 cm³/mol. The van der Waals surface area contributed by atoms with Gasteiger partial charge >= 0.3 is 6.03 Å². The number of nitrogens with one attached hydrogen (secondary N) is 1. The number of nitrogens with zero attached hydrogens (tertiary/aromatic N) is 3. The number of urea groups is 1. The molecule has 0 saturated heterocycles. The van der Waals surface area contributed by atoms with Crippen LogP contribution in [0.25, 0.3) is 22.2 Å². The van der Waals surface area contributed by atoms with Gasteiger partial charge in [-0.3, -0.25) is 14.6 Å². The molecule has 2 aromatic carbocycles. The molecular weight excluding hydrogens is 396 g/mol. The Bertz CT molecular complexity index is 1070. The maximum Gasteiger partial charge on any atom is 0.333 e. The topological polar surface area (TPSA) is 78.4 Å². The van der Waals surface area contributed by atoms with E-state index in [4.69, 9.17) is 0 Å². The second-order valence-corrected chi connectivity index (χ2v) is 8.41. The van der Waals surface area contributed by atoms with E-state index in [1.54, 1.807) is 6.20 Å². The van der Waals surface area contributed by atoms with Crippen LogP contribution < -0.4 is 5.32 Å². The Morgan fingerprint density at radius 1 is 1.07 bits per heavy atom. The second kappa shape index (κ2) is 8.52. The third-order valence-electron chi connectivity index (χ3n) is 5.73. The number of anilines is 1. The molecule has 30 heavy (non-hydrogen) atoms. The molecule has 0 unspecified atom stereocenters. The molecule has 2 amide bonds. The van der Waals surface area contributed by atoms with Gasteiger partial charge in [-0.25, -0.2) is 9.78 Å². The molecule has 1 aromatic heterocycles. The zero-order valence-electron chi connectivity index (χ0n) is 17.2. The maximum atomic E-state index is 12.6. The molecular formula is C23H26N4O2S. The van der Waals surface area contributed by atoms with E-state index in [1.165, 1.54) is 10.7 Å². The number of hydrogen-bond donors (Lipinski definition) is 3. The molecule has 4 rings (SSSR count). The summed E-state index contributed by atoms with van der Waals surface area (Å²) in [6.07, 6.45) is 7.01. The average molecular weight is 423 g/mol. The smallest absolute Gasteiger partial charge is 0.333 e. The van der Waals surface area contributed by atoms with Gasteiger partial charge in [-0.1, -0.05) is 38.1 Å². The Morgan fingerprint density at radius 2 is 1.77 bits per heavy atom. The third kappa shape index (κ3) is 4.21. The molecule has 1 aliphatic carbocycles. The van der Waals surface area contributed by atoms with E-state index in [-0.39, 0.29) is 12.1 Å². The van der Waals surface area contributed by atoms with Crippen molar-refractivity contribution in [2.75, 3.05) is 5.32 Å². The van der Waals surface area contributed by atoms with E-state index >= 15 is 0 Å². The van der Waals surface area contributed by atoms with Crippen molar-refractivity contribution in [3.63, 3.8) is 0 Å². The van der Waals surface area contributed by atoms with Gasteiger partial charge in [-0.15, -0.1) is 0 Å². The lowest BCUT2D eigenvalue weighted by Crippen LogP contribution is -2.37. The third-order valence-corrected chi connectivity index (χ3v) is 6.24. The number of thiol groups is 1. The Morgan fingerprint density at radius 3 is 2.47 bits per heavy atom. The van der Waals surface area contributed by atoms with Crippen molar-refractivity contribution in [1.29, 1.82) is 0 Å². The highest BCUT2D eigenvalue weighted by Gasteiger charge is 2.23. The molecule has 0 radical (unpaired) electrons. The number of carbonyl (C=O) groups is 1. The number of aromatic nitrogens is 2. The molecule has 1 fully saturated rings. The van der Waals surface area contributed by atoms with Gasteiger partial charge in [-0.05, 0) is 73.2 Å². The van der Waals surface area contributed by atoms with E-state index in [9.17, 15) is 9.90 Å². The first kappa shape index (κ1) is 20.5. The van der Waals surface area contributed by atoms with Gasteiger partial charge in [0.05, 0.1) is 17.2 Å². The van der Waals surface area contributed by atoms with Crippen LogP contribution in [0.4, 0.5) is 10.6 Å². The van der Waals surface area contributed by atoms with Gasteiger partial charge in [0.25, 0.3) is 0 Å². The number of phenols is 1. The second-order valence-electron chi connectivity index (χ2n) is 7.98. The lowest BCUT2D eigenvalue weighted by Gasteiger charge is -2.29. The van der Waals surface area contributed by atoms with Gasteiger partial charge in [0.15, 0.2) is 5.82 Å². The van der Waals surface area contributed by atoms with Crippen LogP contribution in [0.1, 0.15) is 43.2 Å². The Kier molecular flexibility index (Phi) is 5.81. The van der Waals surface area contributed by atoms with Crippen LogP contribution in [0, 0.1) is 13.8 Å². The number of carbonyl (C=O) groups excluding carboxylic acids is 1. The molecule has 0 spiro atoms. The molecule has 1 heterocycles. The van der Waals surface area contributed by atoms with E-state index < -0.39 is 0 Å². The standard InChI is InChI=1S/C23H26N4O2S/c1-14-10-17(11-15(2)22(14)28)16-8-9-19-20(12-16)25-21(13-24-19)26-23(29)27(30)18-6-4-3-5-7-18/h8-13,18,28,30H,3-7H2,1-2H3,(H,25,26,29). The fraction of sp³-hybridized carbons (Fsp3) is 0.348. The normalized spacial score (nSPS) is 14.6. The van der Waals surface area contributed by atoms with E-state index in [0.29, 0.717) is 17.1 Å². The molecule has 156 valence electrons. The molecule has 0 atom stereocenters. The van der Waals surface area contributed by atoms with Crippen molar-refractivity contribution in [1.82, 2.24) is 14.3 Å². The number of hydrogen-bond acceptors (Lipinski definition) is 5. The number of aryl methyl sites for hydroxylation is 2. The fourth-order valence-corrected chi connectivity index (χ4v) is 4.31. The molecule has 0 bridgehead atoms. The van der Waals surface area contributed by atoms with Gasteiger partial charge in [0, 0.05) is 6.04 Å². The molecule has 2 N–H and O–H groups in total. The summed E-state index contributed by atoms with van der Waals surface area (Å²) < 4.78 is 1.49. The van der Waals surface area contributed by atoms with Gasteiger partial charge < -0.3 is 5.11 Å². The minimum atomic E-state index is -0.278. The van der Waals surface area contributed by atoms with Crippen molar-refractivity contribution in [3.8, 4) is 16.9 Å². The summed E-state index contributed by atoms with van der Waals surface area (Å²) in [5, 5.41) is 12.9. The van der Waals surface area contributed by atoms with Crippen molar-refractivity contribution in [3.05, 3.63) is 47.7 Å². The number of rotatable bonds is 3. The summed E-state index contributed by atoms with van der Waals surface area (Å²) in [6, 6.07) is 9.62. The van der Waals surface area contributed by atoms with E-state index in [2.05, 4.69) is 28.1 Å². The Labute approximate surface area is 181 Å². The predicted octanol–water partition coefficient (Wildman–Crippen LogP) is 5.63. The zero-order valence-corrected chi connectivity index (χ0v) is 18.1. The number of amides is 2. The summed E-state index contributed by atoms with van der Waals surface area (Å²) in [6.45, 7) is 3.77. The highest BCUT2D eigenvalue weighted by atomic mass is 32.1. The van der Waals surface area contributed by atoms with Crippen LogP contribution in [-0.2, 0) is 0 Å². The van der Waals surface area contributed by atoms with Gasteiger partial charge in [0.1, 0.15) is 5.75 Å². The molecule has 1 aliphatic rings. The van der Waals surface area contributed by atoms with Crippen LogP contribution in [0.3, 0.4) is 0 Å². The lowest BCUT2D eigenvalue weighted by molar-refractivity contribution is 0.218. The maximum absolute atomic E-state index is 12.6. The van der Waals surface area contributed by atoms with Crippen LogP contribution in [0.2, 0.25) is 0 Å². The van der Waals surface area contributed by atoms with Crippen molar-refractivity contribution in [2.24, 2.45) is 0 Å². The number of benzene rings is 2. The minimum absolute atomic E-state index is 0.156. The van der Waals surface area contributed by atoms with Crippen molar-refractivity contribution < 1.29 is 9.90 Å². The van der Waals surface area contributed by atoms with Crippen LogP contribution in [-0.4, -0.2) is 31.5 Å². The number of phenolic OH excluding ortho intramolecular Hbond substituents is 1. The van der Waals surface area contributed by atoms with Crippen LogP contribution >= 0.6 is 12.8 Å². The first-order valence-corrected chi connectivity index (χ1v) is 10.7. The molecule has 7 heteroatoms. The van der Waals surface area contributed by atoms with Crippen molar-refractivity contribution >= 4 is 35.7 Å². The van der Waals surface area contributed by atoms with Crippen LogP contribution in [0.5, 0.6) is 5.75 Å². The van der Waals surface area contributed by atoms with E-state index in [1.807, 2.05) is 44.2 Å². The molecule has 6 nitrogen and oxygen atoms in total. The summed E-state index contributed by atoms with van der Waals surface area (Å²) in [5.41, 5.74) is 5.07. The van der Waals surface area contributed by atoms with Gasteiger partial charge in [-0.2, -0.15) is 0 Å². The molecule has 3 aromatic rings. The average Bonchev–Trinajstić information content (AvgIpc) is 2.76. The van der Waals surface area contributed by atoms with Crippen molar-refractivity contribution in [2.45, 2.75) is 52.0 Å². The highest BCUT2D eigenvalue weighted by molar-refractivity contribution is 7.78. The molecule has 1 saturated carbocycles.